The van der Waals surface area contributed by atoms with Crippen molar-refractivity contribution in [2.24, 2.45) is 5.92 Å². The lowest BCUT2D eigenvalue weighted by Crippen LogP contribution is -2.38. The summed E-state index contributed by atoms with van der Waals surface area (Å²) in [4.78, 5) is 18.6. The highest BCUT2D eigenvalue weighted by Gasteiger charge is 2.20. The quantitative estimate of drug-likeness (QED) is 0.940. The van der Waals surface area contributed by atoms with Crippen LogP contribution in [0.2, 0.25) is 0 Å². The lowest BCUT2D eigenvalue weighted by atomic mass is 9.96. The summed E-state index contributed by atoms with van der Waals surface area (Å²) in [5, 5.41) is 11.8. The van der Waals surface area contributed by atoms with Gasteiger partial charge in [0.05, 0.1) is 11.6 Å². The molecule has 0 unspecified atom stereocenters. The Balaban J connectivity index is 1.46. The molecule has 0 radical (unpaired) electrons. The second-order valence-corrected chi connectivity index (χ2v) is 6.04. The van der Waals surface area contributed by atoms with Gasteiger partial charge in [0.25, 0.3) is 5.91 Å². The largest absolute Gasteiger partial charge is 0.371 e. The summed E-state index contributed by atoms with van der Waals surface area (Å²) in [6.45, 7) is 2.70. The van der Waals surface area contributed by atoms with E-state index in [9.17, 15) is 4.79 Å². The van der Waals surface area contributed by atoms with Crippen molar-refractivity contribution >= 4 is 11.6 Å². The van der Waals surface area contributed by atoms with Crippen LogP contribution in [0.15, 0.2) is 48.8 Å². The summed E-state index contributed by atoms with van der Waals surface area (Å²) >= 11 is 0. The molecule has 1 amide bonds. The van der Waals surface area contributed by atoms with Gasteiger partial charge in [-0.05, 0) is 55.2 Å². The van der Waals surface area contributed by atoms with Gasteiger partial charge in [-0.1, -0.05) is 0 Å². The molecule has 5 heteroatoms. The number of nitriles is 1. The molecule has 0 bridgehead atoms. The van der Waals surface area contributed by atoms with Crippen molar-refractivity contribution in [2.75, 3.05) is 24.5 Å². The van der Waals surface area contributed by atoms with Crippen LogP contribution in [0.4, 0.5) is 5.69 Å². The van der Waals surface area contributed by atoms with Crippen molar-refractivity contribution in [3.63, 3.8) is 0 Å². The normalized spacial score (nSPS) is 14.9. The molecule has 1 aliphatic heterocycles. The molecule has 122 valence electrons. The van der Waals surface area contributed by atoms with Crippen LogP contribution in [-0.4, -0.2) is 30.5 Å². The summed E-state index contributed by atoms with van der Waals surface area (Å²) in [6, 6.07) is 12.8. The van der Waals surface area contributed by atoms with Gasteiger partial charge >= 0.3 is 0 Å². The summed E-state index contributed by atoms with van der Waals surface area (Å²) < 4.78 is 0. The predicted molar refractivity (Wildman–Crippen MR) is 92.7 cm³/mol. The number of anilines is 1. The van der Waals surface area contributed by atoms with E-state index in [1.807, 2.05) is 24.5 Å². The zero-order valence-electron chi connectivity index (χ0n) is 13.5. The fourth-order valence-electron chi connectivity index (χ4n) is 2.99. The van der Waals surface area contributed by atoms with Crippen LogP contribution in [0.3, 0.4) is 0 Å². The number of nitrogens with zero attached hydrogens (tertiary/aromatic N) is 3. The average Bonchev–Trinajstić information content (AvgIpc) is 2.67. The third-order valence-electron chi connectivity index (χ3n) is 4.47. The minimum absolute atomic E-state index is 0.0731. The molecule has 3 rings (SSSR count). The lowest BCUT2D eigenvalue weighted by molar-refractivity contribution is 0.0945. The molecule has 2 aromatic rings. The van der Waals surface area contributed by atoms with Gasteiger partial charge in [-0.2, -0.15) is 5.26 Å². The first kappa shape index (κ1) is 16.0. The highest BCUT2D eigenvalue weighted by molar-refractivity contribution is 5.94. The first-order valence-electron chi connectivity index (χ1n) is 8.19. The summed E-state index contributed by atoms with van der Waals surface area (Å²) in [6.07, 6.45) is 5.77. The number of hydrogen-bond donors (Lipinski definition) is 1. The first-order chi connectivity index (χ1) is 11.8. The number of rotatable bonds is 4. The van der Waals surface area contributed by atoms with Crippen molar-refractivity contribution in [1.82, 2.24) is 10.3 Å². The minimum atomic E-state index is -0.0731. The maximum absolute atomic E-state index is 12.2. The van der Waals surface area contributed by atoms with Gasteiger partial charge in [-0.3, -0.25) is 9.78 Å². The average molecular weight is 320 g/mol. The van der Waals surface area contributed by atoms with E-state index in [0.29, 0.717) is 23.6 Å². The maximum Gasteiger partial charge on any atom is 0.251 e. The van der Waals surface area contributed by atoms with Crippen molar-refractivity contribution in [2.45, 2.75) is 12.8 Å². The third-order valence-corrected chi connectivity index (χ3v) is 4.47. The van der Waals surface area contributed by atoms with Gasteiger partial charge in [-0.15, -0.1) is 0 Å². The molecule has 0 atom stereocenters. The van der Waals surface area contributed by atoms with Crippen LogP contribution in [-0.2, 0) is 0 Å². The number of piperidine rings is 1. The van der Waals surface area contributed by atoms with E-state index >= 15 is 0 Å². The van der Waals surface area contributed by atoms with Crippen LogP contribution >= 0.6 is 0 Å². The molecule has 1 fully saturated rings. The summed E-state index contributed by atoms with van der Waals surface area (Å²) in [5.41, 5.74) is 2.38. The number of nitrogens with one attached hydrogen (secondary N) is 1. The molecule has 1 aromatic heterocycles. The standard InChI is InChI=1S/C19H20N4O/c20-13-15-1-3-17(4-2-15)19(24)22-14-16-7-11-23(12-8-16)18-5-9-21-10-6-18/h1-6,9-10,16H,7-8,11-12,14H2,(H,22,24). The molecule has 2 heterocycles. The topological polar surface area (TPSA) is 69.0 Å². The van der Waals surface area contributed by atoms with Crippen LogP contribution in [0, 0.1) is 17.2 Å². The molecule has 0 saturated carbocycles. The molecular weight excluding hydrogens is 300 g/mol. The Bertz CT molecular complexity index is 713. The van der Waals surface area contributed by atoms with Crippen LogP contribution in [0.25, 0.3) is 0 Å². The zero-order chi connectivity index (χ0) is 16.8. The number of aromatic nitrogens is 1. The Hall–Kier alpha value is -2.87. The SMILES string of the molecule is N#Cc1ccc(C(=O)NCC2CCN(c3ccncc3)CC2)cc1. The van der Waals surface area contributed by atoms with E-state index in [1.165, 1.54) is 5.69 Å². The number of hydrogen-bond acceptors (Lipinski definition) is 4. The Morgan fingerprint density at radius 2 is 1.83 bits per heavy atom. The first-order valence-corrected chi connectivity index (χ1v) is 8.19. The highest BCUT2D eigenvalue weighted by atomic mass is 16.1. The maximum atomic E-state index is 12.2. The second-order valence-electron chi connectivity index (χ2n) is 6.04. The molecule has 0 spiro atoms. The Kier molecular flexibility index (Phi) is 5.07. The number of amides is 1. The Morgan fingerprint density at radius 3 is 2.46 bits per heavy atom. The number of benzene rings is 1. The van der Waals surface area contributed by atoms with Crippen LogP contribution < -0.4 is 10.2 Å². The molecule has 0 aliphatic carbocycles. The van der Waals surface area contributed by atoms with E-state index in [0.717, 1.165) is 25.9 Å². The van der Waals surface area contributed by atoms with Gasteiger partial charge in [0, 0.05) is 43.3 Å². The summed E-state index contributed by atoms with van der Waals surface area (Å²) in [7, 11) is 0. The fourth-order valence-corrected chi connectivity index (χ4v) is 2.99. The number of carbonyl (C=O) groups is 1. The van der Waals surface area contributed by atoms with Gasteiger partial charge < -0.3 is 10.2 Å². The third kappa shape index (κ3) is 3.90. The zero-order valence-corrected chi connectivity index (χ0v) is 13.5. The van der Waals surface area contributed by atoms with Gasteiger partial charge in [0.15, 0.2) is 0 Å². The van der Waals surface area contributed by atoms with Crippen molar-refractivity contribution in [1.29, 1.82) is 5.26 Å². The monoisotopic (exact) mass is 320 g/mol. The van der Waals surface area contributed by atoms with Crippen LogP contribution in [0.1, 0.15) is 28.8 Å². The predicted octanol–water partition coefficient (Wildman–Crippen LogP) is 2.60. The molecule has 1 saturated heterocycles. The lowest BCUT2D eigenvalue weighted by Gasteiger charge is -2.33. The van der Waals surface area contributed by atoms with Gasteiger partial charge in [-0.25, -0.2) is 0 Å². The molecule has 1 N–H and O–H groups in total. The fraction of sp³-hybridized carbons (Fsp3) is 0.316. The Morgan fingerprint density at radius 1 is 1.17 bits per heavy atom. The summed E-state index contributed by atoms with van der Waals surface area (Å²) in [5.74, 6) is 0.432. The molecule has 1 aromatic carbocycles. The van der Waals surface area contributed by atoms with Crippen LogP contribution in [0.5, 0.6) is 0 Å². The van der Waals surface area contributed by atoms with E-state index in [2.05, 4.69) is 21.3 Å². The van der Waals surface area contributed by atoms with E-state index in [-0.39, 0.29) is 5.91 Å². The number of carbonyl (C=O) groups excluding carboxylic acids is 1. The molecule has 5 nitrogen and oxygen atoms in total. The van der Waals surface area contributed by atoms with Crippen molar-refractivity contribution in [3.8, 4) is 6.07 Å². The Labute approximate surface area is 141 Å². The number of pyridine rings is 1. The van der Waals surface area contributed by atoms with Crippen molar-refractivity contribution < 1.29 is 4.79 Å². The molecule has 24 heavy (non-hydrogen) atoms. The van der Waals surface area contributed by atoms with Gasteiger partial charge in [0.2, 0.25) is 0 Å². The van der Waals surface area contributed by atoms with Gasteiger partial charge in [0.1, 0.15) is 0 Å². The highest BCUT2D eigenvalue weighted by Crippen LogP contribution is 2.22. The van der Waals surface area contributed by atoms with Crippen molar-refractivity contribution in [3.05, 3.63) is 59.9 Å². The molecule has 1 aliphatic rings. The van der Waals surface area contributed by atoms with E-state index < -0.39 is 0 Å². The smallest absolute Gasteiger partial charge is 0.251 e. The van der Waals surface area contributed by atoms with E-state index in [4.69, 9.17) is 5.26 Å². The minimum Gasteiger partial charge on any atom is -0.371 e. The molecular formula is C19H20N4O. The van der Waals surface area contributed by atoms with E-state index in [1.54, 1.807) is 24.3 Å². The second kappa shape index (κ2) is 7.60.